The Bertz CT molecular complexity index is 1300. The fraction of sp³-hybridized carbons (Fsp3) is 0.375. The third-order valence-electron chi connectivity index (χ3n) is 7.64. The van der Waals surface area contributed by atoms with Gasteiger partial charge in [0.1, 0.15) is 11.5 Å². The molecule has 0 bridgehead atoms. The van der Waals surface area contributed by atoms with E-state index >= 15 is 0 Å². The molecule has 5 rings (SSSR count). The number of amides is 2. The van der Waals surface area contributed by atoms with E-state index in [1.807, 2.05) is 65.6 Å². The summed E-state index contributed by atoms with van der Waals surface area (Å²) >= 11 is 0. The molecule has 0 spiro atoms. The minimum Gasteiger partial charge on any atom is -0.497 e. The zero-order chi connectivity index (χ0) is 27.4. The SMILES string of the molecule is COc1ccc(CCC(=O)N2CCC(C3OCc4cc(-c5ccc(C(=O)N(C)C)cc5)ccc4O3)CC2)cc1. The molecule has 1 fully saturated rings. The fourth-order valence-electron chi connectivity index (χ4n) is 5.24. The van der Waals surface area contributed by atoms with Crippen LogP contribution in [0.15, 0.2) is 66.7 Å². The van der Waals surface area contributed by atoms with Gasteiger partial charge in [-0.1, -0.05) is 30.3 Å². The van der Waals surface area contributed by atoms with E-state index in [1.54, 1.807) is 26.1 Å². The van der Waals surface area contributed by atoms with Crippen LogP contribution in [0.2, 0.25) is 0 Å². The lowest BCUT2D eigenvalue weighted by Crippen LogP contribution is -2.44. The lowest BCUT2D eigenvalue weighted by atomic mass is 9.94. The number of carbonyl (C=O) groups is 2. The van der Waals surface area contributed by atoms with Crippen molar-refractivity contribution in [3.05, 3.63) is 83.4 Å². The van der Waals surface area contributed by atoms with Gasteiger partial charge in [0.25, 0.3) is 5.91 Å². The highest BCUT2D eigenvalue weighted by molar-refractivity contribution is 5.94. The van der Waals surface area contributed by atoms with E-state index in [9.17, 15) is 9.59 Å². The van der Waals surface area contributed by atoms with Crippen LogP contribution in [0.5, 0.6) is 11.5 Å². The highest BCUT2D eigenvalue weighted by Crippen LogP contribution is 2.35. The van der Waals surface area contributed by atoms with Crippen LogP contribution < -0.4 is 9.47 Å². The zero-order valence-electron chi connectivity index (χ0n) is 22.9. The molecule has 1 unspecified atom stereocenters. The molecular formula is C32H36N2O5. The molecule has 7 heteroatoms. The number of hydrogen-bond donors (Lipinski definition) is 0. The molecule has 0 saturated carbocycles. The van der Waals surface area contributed by atoms with Crippen molar-refractivity contribution in [1.82, 2.24) is 9.80 Å². The summed E-state index contributed by atoms with van der Waals surface area (Å²) in [4.78, 5) is 28.5. The molecule has 0 aliphatic carbocycles. The van der Waals surface area contributed by atoms with Gasteiger partial charge in [0.2, 0.25) is 12.2 Å². The highest BCUT2D eigenvalue weighted by atomic mass is 16.7. The smallest absolute Gasteiger partial charge is 0.253 e. The van der Waals surface area contributed by atoms with E-state index in [0.29, 0.717) is 18.6 Å². The number of likely N-dealkylation sites (tertiary alicyclic amines) is 1. The molecule has 204 valence electrons. The molecule has 1 atom stereocenters. The maximum Gasteiger partial charge on any atom is 0.253 e. The molecule has 0 radical (unpaired) electrons. The van der Waals surface area contributed by atoms with E-state index in [4.69, 9.17) is 14.2 Å². The molecular weight excluding hydrogens is 492 g/mol. The molecule has 2 heterocycles. The van der Waals surface area contributed by atoms with Crippen molar-refractivity contribution in [2.24, 2.45) is 5.92 Å². The van der Waals surface area contributed by atoms with E-state index in [1.165, 1.54) is 0 Å². The number of rotatable bonds is 7. The second-order valence-electron chi connectivity index (χ2n) is 10.5. The third kappa shape index (κ3) is 6.25. The highest BCUT2D eigenvalue weighted by Gasteiger charge is 2.33. The average Bonchev–Trinajstić information content (AvgIpc) is 2.99. The first-order valence-electron chi connectivity index (χ1n) is 13.6. The second kappa shape index (κ2) is 11.9. The Morgan fingerprint density at radius 2 is 1.64 bits per heavy atom. The lowest BCUT2D eigenvalue weighted by molar-refractivity contribution is -0.154. The van der Waals surface area contributed by atoms with Gasteiger partial charge < -0.3 is 24.0 Å². The number of benzene rings is 3. The van der Waals surface area contributed by atoms with Crippen molar-refractivity contribution >= 4 is 11.8 Å². The quantitative estimate of drug-likeness (QED) is 0.423. The summed E-state index contributed by atoms with van der Waals surface area (Å²) in [5.41, 5.74) is 4.93. The Morgan fingerprint density at radius 3 is 2.31 bits per heavy atom. The van der Waals surface area contributed by atoms with Crippen LogP contribution in [0.4, 0.5) is 0 Å². The largest absolute Gasteiger partial charge is 0.497 e. The van der Waals surface area contributed by atoms with Gasteiger partial charge in [0, 0.05) is 50.7 Å². The van der Waals surface area contributed by atoms with Crippen molar-refractivity contribution in [3.8, 4) is 22.6 Å². The van der Waals surface area contributed by atoms with Gasteiger partial charge in [-0.2, -0.15) is 0 Å². The predicted octanol–water partition coefficient (Wildman–Crippen LogP) is 5.17. The summed E-state index contributed by atoms with van der Waals surface area (Å²) in [5.74, 6) is 2.12. The predicted molar refractivity (Wildman–Crippen MR) is 150 cm³/mol. The topological polar surface area (TPSA) is 68.3 Å². The normalized spacial score (nSPS) is 17.2. The van der Waals surface area contributed by atoms with Crippen LogP contribution in [0.1, 0.15) is 40.7 Å². The van der Waals surface area contributed by atoms with Gasteiger partial charge in [-0.15, -0.1) is 0 Å². The number of fused-ring (bicyclic) bond motifs is 1. The van der Waals surface area contributed by atoms with Crippen LogP contribution in [0.25, 0.3) is 11.1 Å². The van der Waals surface area contributed by atoms with E-state index < -0.39 is 0 Å². The van der Waals surface area contributed by atoms with Gasteiger partial charge >= 0.3 is 0 Å². The van der Waals surface area contributed by atoms with Crippen molar-refractivity contribution in [2.45, 2.75) is 38.6 Å². The lowest BCUT2D eigenvalue weighted by Gasteiger charge is -2.37. The molecule has 2 amide bonds. The Labute approximate surface area is 230 Å². The van der Waals surface area contributed by atoms with Gasteiger partial charge in [-0.3, -0.25) is 9.59 Å². The van der Waals surface area contributed by atoms with Crippen molar-refractivity contribution in [3.63, 3.8) is 0 Å². The zero-order valence-corrected chi connectivity index (χ0v) is 22.9. The Morgan fingerprint density at radius 1 is 0.949 bits per heavy atom. The number of hydrogen-bond acceptors (Lipinski definition) is 5. The first kappa shape index (κ1) is 26.8. The molecule has 2 aliphatic heterocycles. The Balaban J connectivity index is 1.12. The summed E-state index contributed by atoms with van der Waals surface area (Å²) in [6.45, 7) is 1.95. The van der Waals surface area contributed by atoms with Crippen molar-refractivity contribution in [1.29, 1.82) is 0 Å². The van der Waals surface area contributed by atoms with Crippen LogP contribution in [0, 0.1) is 5.92 Å². The second-order valence-corrected chi connectivity index (χ2v) is 10.5. The number of carbonyl (C=O) groups excluding carboxylic acids is 2. The van der Waals surface area contributed by atoms with Crippen molar-refractivity contribution < 1.29 is 23.8 Å². The standard InChI is InChI=1S/C32H36N2O5/c1-33(2)31(36)24-9-7-23(8-10-24)26-11-14-29-27(20-26)21-38-32(39-29)25-16-18-34(19-17-25)30(35)15-6-22-4-12-28(37-3)13-5-22/h4-5,7-14,20,25,32H,6,15-19,21H2,1-3H3. The molecule has 3 aromatic rings. The Hall–Kier alpha value is -3.84. The molecule has 3 aromatic carbocycles. The average molecular weight is 529 g/mol. The number of piperidine rings is 1. The summed E-state index contributed by atoms with van der Waals surface area (Å²) in [6.07, 6.45) is 2.68. The number of methoxy groups -OCH3 is 1. The maximum atomic E-state index is 12.8. The van der Waals surface area contributed by atoms with Crippen molar-refractivity contribution in [2.75, 3.05) is 34.3 Å². The third-order valence-corrected chi connectivity index (χ3v) is 7.64. The summed E-state index contributed by atoms with van der Waals surface area (Å²) in [5, 5.41) is 0. The fourth-order valence-corrected chi connectivity index (χ4v) is 5.24. The minimum atomic E-state index is -0.295. The van der Waals surface area contributed by atoms with Gasteiger partial charge in [0.15, 0.2) is 0 Å². The van der Waals surface area contributed by atoms with Gasteiger partial charge in [0.05, 0.1) is 13.7 Å². The van der Waals surface area contributed by atoms with E-state index in [2.05, 4.69) is 6.07 Å². The summed E-state index contributed by atoms with van der Waals surface area (Å²) in [7, 11) is 5.15. The van der Waals surface area contributed by atoms with Crippen LogP contribution >= 0.6 is 0 Å². The minimum absolute atomic E-state index is 0.0106. The maximum absolute atomic E-state index is 12.8. The number of nitrogens with zero attached hydrogens (tertiary/aromatic N) is 2. The number of aryl methyl sites for hydroxylation is 1. The molecule has 0 N–H and O–H groups in total. The Kier molecular flexibility index (Phi) is 8.17. The first-order valence-corrected chi connectivity index (χ1v) is 13.6. The molecule has 2 aliphatic rings. The molecule has 39 heavy (non-hydrogen) atoms. The first-order chi connectivity index (χ1) is 18.9. The van der Waals surface area contributed by atoms with Crippen LogP contribution in [0.3, 0.4) is 0 Å². The molecule has 7 nitrogen and oxygen atoms in total. The van der Waals surface area contributed by atoms with Gasteiger partial charge in [-0.25, -0.2) is 0 Å². The number of ether oxygens (including phenoxy) is 3. The van der Waals surface area contributed by atoms with Crippen LogP contribution in [-0.4, -0.2) is 62.2 Å². The molecule has 1 saturated heterocycles. The van der Waals surface area contributed by atoms with Crippen LogP contribution in [-0.2, 0) is 22.6 Å². The summed E-state index contributed by atoms with van der Waals surface area (Å²) < 4.78 is 17.6. The monoisotopic (exact) mass is 528 g/mol. The van der Waals surface area contributed by atoms with E-state index in [0.717, 1.165) is 66.1 Å². The van der Waals surface area contributed by atoms with E-state index in [-0.39, 0.29) is 24.0 Å². The molecule has 0 aromatic heterocycles. The summed E-state index contributed by atoms with van der Waals surface area (Å²) in [6, 6.07) is 21.7. The van der Waals surface area contributed by atoms with Gasteiger partial charge in [-0.05, 0) is 72.4 Å².